The first kappa shape index (κ1) is 18.8. The van der Waals surface area contributed by atoms with E-state index in [2.05, 4.69) is 11.2 Å². The molecule has 2 fully saturated rings. The molecule has 3 rings (SSSR count). The van der Waals surface area contributed by atoms with E-state index in [4.69, 9.17) is 11.2 Å². The van der Waals surface area contributed by atoms with Gasteiger partial charge < -0.3 is 15.0 Å². The summed E-state index contributed by atoms with van der Waals surface area (Å²) in [4.78, 5) is 40.4. The summed E-state index contributed by atoms with van der Waals surface area (Å²) in [7, 11) is 0. The summed E-state index contributed by atoms with van der Waals surface area (Å²) in [5.41, 5.74) is -0.417. The zero-order chi connectivity index (χ0) is 19.8. The number of nitrogens with zero attached hydrogens (tertiary/aromatic N) is 2. The molecule has 0 saturated carbocycles. The van der Waals surface area contributed by atoms with Crippen LogP contribution < -0.4 is 10.2 Å². The highest BCUT2D eigenvalue weighted by Gasteiger charge is 2.53. The van der Waals surface area contributed by atoms with E-state index >= 15 is 0 Å². The number of carbonyl (C=O) groups excluding carboxylic acids is 3. The summed E-state index contributed by atoms with van der Waals surface area (Å²) in [6, 6.07) is 6.22. The summed E-state index contributed by atoms with van der Waals surface area (Å²) in [6.45, 7) is 6.09. The van der Waals surface area contributed by atoms with Gasteiger partial charge in [-0.1, -0.05) is 5.92 Å². The van der Waals surface area contributed by atoms with Crippen LogP contribution in [0.2, 0.25) is 0 Å². The lowest BCUT2D eigenvalue weighted by Gasteiger charge is -2.37. The fourth-order valence-electron chi connectivity index (χ4n) is 3.30. The number of likely N-dealkylation sites (tertiary alicyclic amines) is 1. The van der Waals surface area contributed by atoms with Crippen LogP contribution in [0.3, 0.4) is 0 Å². The van der Waals surface area contributed by atoms with Crippen molar-refractivity contribution in [3.05, 3.63) is 29.8 Å². The Hall–Kier alpha value is -3.01. The molecular formula is C20H23N3O4. The number of rotatable bonds is 1. The molecule has 27 heavy (non-hydrogen) atoms. The van der Waals surface area contributed by atoms with Crippen LogP contribution in [-0.4, -0.2) is 47.2 Å². The van der Waals surface area contributed by atoms with Crippen molar-refractivity contribution in [3.63, 3.8) is 0 Å². The van der Waals surface area contributed by atoms with Crippen molar-refractivity contribution in [2.45, 2.75) is 44.8 Å². The van der Waals surface area contributed by atoms with Crippen LogP contribution in [0.5, 0.6) is 0 Å². The number of imide groups is 1. The molecule has 2 aliphatic heterocycles. The number of benzene rings is 1. The molecule has 0 unspecified atom stereocenters. The van der Waals surface area contributed by atoms with Gasteiger partial charge in [0.1, 0.15) is 11.1 Å². The largest absolute Gasteiger partial charge is 0.444 e. The van der Waals surface area contributed by atoms with E-state index in [0.29, 0.717) is 37.2 Å². The number of terminal acetylenes is 1. The van der Waals surface area contributed by atoms with Gasteiger partial charge >= 0.3 is 12.1 Å². The zero-order valence-corrected chi connectivity index (χ0v) is 15.7. The van der Waals surface area contributed by atoms with Crippen LogP contribution in [0, 0.1) is 12.3 Å². The normalized spacial score (nSPS) is 19.0. The maximum absolute atomic E-state index is 13.0. The number of amides is 4. The molecule has 0 aromatic heterocycles. The topological polar surface area (TPSA) is 79.0 Å². The Bertz CT molecular complexity index is 809. The Morgan fingerprint density at radius 3 is 2.30 bits per heavy atom. The second-order valence-electron chi connectivity index (χ2n) is 7.81. The van der Waals surface area contributed by atoms with E-state index in [0.717, 1.165) is 4.90 Å². The molecule has 1 aromatic carbocycles. The standard InChI is InChI=1S/C20H23N3O4/c1-5-14-6-8-15(9-7-14)23-16(24)20(21-17(23)25)10-12-22(13-11-20)18(26)27-19(2,3)4/h1,6-9H,10-13H2,2-4H3,(H,21,25). The van der Waals surface area contributed by atoms with Gasteiger partial charge in [0, 0.05) is 18.7 Å². The van der Waals surface area contributed by atoms with Gasteiger partial charge in [-0.25, -0.2) is 14.5 Å². The summed E-state index contributed by atoms with van der Waals surface area (Å²) in [5.74, 6) is 2.20. The third-order valence-electron chi connectivity index (χ3n) is 4.72. The van der Waals surface area contributed by atoms with Gasteiger partial charge in [0.15, 0.2) is 0 Å². The molecule has 142 valence electrons. The lowest BCUT2D eigenvalue weighted by atomic mass is 9.87. The molecule has 4 amide bonds. The molecule has 0 atom stereocenters. The Morgan fingerprint density at radius 2 is 1.78 bits per heavy atom. The first-order valence-corrected chi connectivity index (χ1v) is 8.86. The number of ether oxygens (including phenoxy) is 1. The summed E-state index contributed by atoms with van der Waals surface area (Å²) < 4.78 is 5.38. The second-order valence-corrected chi connectivity index (χ2v) is 7.81. The Morgan fingerprint density at radius 1 is 1.19 bits per heavy atom. The van der Waals surface area contributed by atoms with Crippen molar-refractivity contribution in [1.29, 1.82) is 0 Å². The van der Waals surface area contributed by atoms with Crippen LogP contribution >= 0.6 is 0 Å². The van der Waals surface area contributed by atoms with E-state index < -0.39 is 23.3 Å². The van der Waals surface area contributed by atoms with Gasteiger partial charge in [-0.3, -0.25) is 4.79 Å². The minimum Gasteiger partial charge on any atom is -0.444 e. The predicted octanol–water partition coefficient (Wildman–Crippen LogP) is 2.49. The van der Waals surface area contributed by atoms with Crippen LogP contribution in [0.4, 0.5) is 15.3 Å². The highest BCUT2D eigenvalue weighted by atomic mass is 16.6. The summed E-state index contributed by atoms with van der Waals surface area (Å²) >= 11 is 0. The Balaban J connectivity index is 1.72. The lowest BCUT2D eigenvalue weighted by molar-refractivity contribution is -0.123. The van der Waals surface area contributed by atoms with Crippen molar-refractivity contribution in [1.82, 2.24) is 10.2 Å². The van der Waals surface area contributed by atoms with E-state index in [1.165, 1.54) is 0 Å². The number of nitrogens with one attached hydrogen (secondary N) is 1. The summed E-state index contributed by atoms with van der Waals surface area (Å²) in [6.07, 6.45) is 5.62. The van der Waals surface area contributed by atoms with Crippen molar-refractivity contribution < 1.29 is 19.1 Å². The van der Waals surface area contributed by atoms with Crippen LogP contribution in [-0.2, 0) is 9.53 Å². The van der Waals surface area contributed by atoms with E-state index in [9.17, 15) is 14.4 Å². The predicted molar refractivity (Wildman–Crippen MR) is 100 cm³/mol. The zero-order valence-electron chi connectivity index (χ0n) is 15.7. The van der Waals surface area contributed by atoms with Gasteiger partial charge in [-0.05, 0) is 57.9 Å². The highest BCUT2D eigenvalue weighted by molar-refractivity contribution is 6.23. The van der Waals surface area contributed by atoms with Gasteiger partial charge in [-0.15, -0.1) is 6.42 Å². The molecule has 1 N–H and O–H groups in total. The van der Waals surface area contributed by atoms with Crippen molar-refractivity contribution in [3.8, 4) is 12.3 Å². The van der Waals surface area contributed by atoms with E-state index in [1.807, 2.05) is 0 Å². The minimum atomic E-state index is -0.986. The van der Waals surface area contributed by atoms with Gasteiger partial charge in [0.25, 0.3) is 5.91 Å². The summed E-state index contributed by atoms with van der Waals surface area (Å²) in [5, 5.41) is 2.82. The quantitative estimate of drug-likeness (QED) is 0.609. The van der Waals surface area contributed by atoms with Crippen molar-refractivity contribution in [2.24, 2.45) is 0 Å². The molecule has 0 bridgehead atoms. The fourth-order valence-corrected chi connectivity index (χ4v) is 3.30. The number of piperidine rings is 1. The maximum Gasteiger partial charge on any atom is 0.410 e. The van der Waals surface area contributed by atoms with Gasteiger partial charge in [-0.2, -0.15) is 0 Å². The molecule has 0 aliphatic carbocycles. The monoisotopic (exact) mass is 369 g/mol. The lowest BCUT2D eigenvalue weighted by Crippen LogP contribution is -2.56. The molecule has 0 radical (unpaired) electrons. The van der Waals surface area contributed by atoms with E-state index in [1.54, 1.807) is 49.9 Å². The number of hydrogen-bond donors (Lipinski definition) is 1. The highest BCUT2D eigenvalue weighted by Crippen LogP contribution is 2.33. The third-order valence-corrected chi connectivity index (χ3v) is 4.72. The van der Waals surface area contributed by atoms with Crippen LogP contribution in [0.1, 0.15) is 39.2 Å². The fraction of sp³-hybridized carbons (Fsp3) is 0.450. The molecule has 2 heterocycles. The van der Waals surface area contributed by atoms with Gasteiger partial charge in [0.2, 0.25) is 0 Å². The molecule has 2 saturated heterocycles. The van der Waals surface area contributed by atoms with Gasteiger partial charge in [0.05, 0.1) is 5.69 Å². The SMILES string of the molecule is C#Cc1ccc(N2C(=O)NC3(CCN(C(=O)OC(C)(C)C)CC3)C2=O)cc1. The van der Waals surface area contributed by atoms with Crippen LogP contribution in [0.15, 0.2) is 24.3 Å². The van der Waals surface area contributed by atoms with Crippen molar-refractivity contribution >= 4 is 23.7 Å². The molecular weight excluding hydrogens is 346 g/mol. The average molecular weight is 369 g/mol. The maximum atomic E-state index is 13.0. The van der Waals surface area contributed by atoms with Crippen LogP contribution in [0.25, 0.3) is 0 Å². The molecule has 7 heteroatoms. The smallest absolute Gasteiger partial charge is 0.410 e. The minimum absolute atomic E-state index is 0.301. The number of carbonyl (C=O) groups is 3. The third kappa shape index (κ3) is 3.61. The number of anilines is 1. The molecule has 7 nitrogen and oxygen atoms in total. The number of urea groups is 1. The Labute approximate surface area is 158 Å². The Kier molecular flexibility index (Phi) is 4.60. The van der Waals surface area contributed by atoms with E-state index in [-0.39, 0.29) is 5.91 Å². The molecule has 2 aliphatic rings. The second kappa shape index (κ2) is 6.62. The molecule has 1 spiro atoms. The first-order chi connectivity index (χ1) is 12.6. The average Bonchev–Trinajstić information content (AvgIpc) is 2.84. The van der Waals surface area contributed by atoms with Crippen molar-refractivity contribution in [2.75, 3.05) is 18.0 Å². The first-order valence-electron chi connectivity index (χ1n) is 8.86. The molecule has 1 aromatic rings. The number of hydrogen-bond acceptors (Lipinski definition) is 4.